The molecule has 0 unspecified atom stereocenters. The third-order valence-corrected chi connectivity index (χ3v) is 6.01. The summed E-state index contributed by atoms with van der Waals surface area (Å²) in [5.74, 6) is 0.513. The van der Waals surface area contributed by atoms with Crippen LogP contribution in [0, 0.1) is 20.8 Å². The molecule has 2 heterocycles. The first-order valence-electron chi connectivity index (χ1n) is 11.3. The van der Waals surface area contributed by atoms with Crippen molar-refractivity contribution in [1.29, 1.82) is 0 Å². The molecule has 4 aromatic rings. The number of hydrogen-bond donors (Lipinski definition) is 1. The summed E-state index contributed by atoms with van der Waals surface area (Å²) in [5, 5.41) is 8.31. The maximum absolute atomic E-state index is 12.5. The number of carbonyl (C=O) groups excluding carboxylic acids is 1. The molecule has 1 N–H and O–H groups in total. The highest BCUT2D eigenvalue weighted by atomic mass is 16.5. The van der Waals surface area contributed by atoms with Crippen molar-refractivity contribution in [2.45, 2.75) is 46.7 Å². The predicted molar refractivity (Wildman–Crippen MR) is 131 cm³/mol. The van der Waals surface area contributed by atoms with Crippen molar-refractivity contribution in [1.82, 2.24) is 15.1 Å². The number of methoxy groups -OCH3 is 1. The summed E-state index contributed by atoms with van der Waals surface area (Å²) in [6, 6.07) is 15.6. The van der Waals surface area contributed by atoms with E-state index in [9.17, 15) is 9.59 Å². The van der Waals surface area contributed by atoms with E-state index in [2.05, 4.69) is 28.6 Å². The zero-order valence-electron chi connectivity index (χ0n) is 20.0. The van der Waals surface area contributed by atoms with Gasteiger partial charge < -0.3 is 14.5 Å². The van der Waals surface area contributed by atoms with Gasteiger partial charge in [-0.3, -0.25) is 9.48 Å². The maximum Gasteiger partial charge on any atom is 0.339 e. The van der Waals surface area contributed by atoms with Gasteiger partial charge in [-0.1, -0.05) is 24.3 Å². The summed E-state index contributed by atoms with van der Waals surface area (Å²) < 4.78 is 12.6. The zero-order valence-corrected chi connectivity index (χ0v) is 20.0. The third kappa shape index (κ3) is 5.20. The van der Waals surface area contributed by atoms with Crippen molar-refractivity contribution in [3.8, 4) is 5.75 Å². The van der Waals surface area contributed by atoms with Gasteiger partial charge in [-0.25, -0.2) is 4.79 Å². The van der Waals surface area contributed by atoms with Gasteiger partial charge in [0.2, 0.25) is 5.91 Å². The summed E-state index contributed by atoms with van der Waals surface area (Å²) >= 11 is 0. The maximum atomic E-state index is 12.5. The fourth-order valence-electron chi connectivity index (χ4n) is 4.16. The minimum absolute atomic E-state index is 0.113. The van der Waals surface area contributed by atoms with Gasteiger partial charge in [0.05, 0.1) is 19.3 Å². The zero-order chi connectivity index (χ0) is 24.2. The molecule has 7 nitrogen and oxygen atoms in total. The van der Waals surface area contributed by atoms with Crippen LogP contribution in [0.2, 0.25) is 0 Å². The number of hydrogen-bond acceptors (Lipinski definition) is 5. The van der Waals surface area contributed by atoms with Crippen LogP contribution in [0.3, 0.4) is 0 Å². The lowest BCUT2D eigenvalue weighted by Crippen LogP contribution is -2.24. The van der Waals surface area contributed by atoms with Crippen LogP contribution in [0.1, 0.15) is 40.1 Å². The van der Waals surface area contributed by atoms with E-state index < -0.39 is 5.63 Å². The number of nitrogens with zero attached hydrogens (tertiary/aromatic N) is 2. The number of aryl methyl sites for hydroxylation is 3. The SMILES string of the molecule is COc1ccc2c(C)c(CCC(=O)NCc3cccc(Cn4nc(C)cc4C)c3)c(=O)oc2c1. The molecule has 0 saturated heterocycles. The predicted octanol–water partition coefficient (Wildman–Crippen LogP) is 4.22. The van der Waals surface area contributed by atoms with E-state index in [-0.39, 0.29) is 12.3 Å². The summed E-state index contributed by atoms with van der Waals surface area (Å²) in [6.45, 7) is 7.02. The van der Waals surface area contributed by atoms with Crippen molar-refractivity contribution in [3.63, 3.8) is 0 Å². The minimum Gasteiger partial charge on any atom is -0.497 e. The molecule has 0 bridgehead atoms. The van der Waals surface area contributed by atoms with Gasteiger partial charge in [0.25, 0.3) is 0 Å². The molecule has 0 fully saturated rings. The number of nitrogens with one attached hydrogen (secondary N) is 1. The number of benzene rings is 2. The second-order valence-electron chi connectivity index (χ2n) is 8.54. The molecule has 0 radical (unpaired) electrons. The molecule has 1 amide bonds. The molecule has 176 valence electrons. The number of ether oxygens (including phenoxy) is 1. The Balaban J connectivity index is 1.37. The number of rotatable bonds is 8. The van der Waals surface area contributed by atoms with E-state index >= 15 is 0 Å². The largest absolute Gasteiger partial charge is 0.497 e. The van der Waals surface area contributed by atoms with Gasteiger partial charge in [0.15, 0.2) is 0 Å². The van der Waals surface area contributed by atoms with Gasteiger partial charge >= 0.3 is 5.63 Å². The van der Waals surface area contributed by atoms with Crippen LogP contribution in [0.4, 0.5) is 0 Å². The van der Waals surface area contributed by atoms with Crippen LogP contribution in [0.15, 0.2) is 57.7 Å². The fraction of sp³-hybridized carbons (Fsp3) is 0.296. The molecule has 2 aromatic heterocycles. The smallest absolute Gasteiger partial charge is 0.339 e. The molecule has 0 aliphatic heterocycles. The first-order chi connectivity index (χ1) is 16.3. The monoisotopic (exact) mass is 459 g/mol. The second kappa shape index (κ2) is 9.95. The molecule has 0 aliphatic carbocycles. The van der Waals surface area contributed by atoms with Crippen molar-refractivity contribution in [2.24, 2.45) is 0 Å². The van der Waals surface area contributed by atoms with E-state index in [4.69, 9.17) is 9.15 Å². The van der Waals surface area contributed by atoms with Crippen LogP contribution in [0.25, 0.3) is 11.0 Å². The van der Waals surface area contributed by atoms with Crippen LogP contribution in [-0.4, -0.2) is 22.8 Å². The highest BCUT2D eigenvalue weighted by Gasteiger charge is 2.14. The van der Waals surface area contributed by atoms with Gasteiger partial charge in [-0.15, -0.1) is 0 Å². The lowest BCUT2D eigenvalue weighted by molar-refractivity contribution is -0.121. The van der Waals surface area contributed by atoms with Gasteiger partial charge in [0, 0.05) is 35.7 Å². The van der Waals surface area contributed by atoms with E-state index in [1.54, 1.807) is 13.2 Å². The topological polar surface area (TPSA) is 86.4 Å². The van der Waals surface area contributed by atoms with E-state index in [0.29, 0.717) is 36.4 Å². The van der Waals surface area contributed by atoms with E-state index in [1.165, 1.54) is 0 Å². The molecule has 34 heavy (non-hydrogen) atoms. The van der Waals surface area contributed by atoms with Crippen molar-refractivity contribution >= 4 is 16.9 Å². The number of carbonyl (C=O) groups is 1. The Bertz CT molecular complexity index is 1400. The first-order valence-corrected chi connectivity index (χ1v) is 11.3. The molecule has 0 spiro atoms. The van der Waals surface area contributed by atoms with Gasteiger partial charge in [-0.05, 0) is 62.1 Å². The van der Waals surface area contributed by atoms with Crippen LogP contribution >= 0.6 is 0 Å². The Morgan fingerprint density at radius 3 is 2.62 bits per heavy atom. The second-order valence-corrected chi connectivity index (χ2v) is 8.54. The minimum atomic E-state index is -0.414. The number of aromatic nitrogens is 2. The Labute approximate surface area is 198 Å². The third-order valence-electron chi connectivity index (χ3n) is 6.01. The van der Waals surface area contributed by atoms with E-state index in [0.717, 1.165) is 33.5 Å². The Hall–Kier alpha value is -3.87. The standard InChI is InChI=1S/C27H29N3O4/c1-17-12-18(2)30(29-17)16-21-7-5-6-20(13-21)15-28-26(31)11-10-24-19(3)23-9-8-22(33-4)14-25(23)34-27(24)32/h5-9,12-14H,10-11,15-16H2,1-4H3,(H,28,31). The molecule has 0 aliphatic rings. The fourth-order valence-corrected chi connectivity index (χ4v) is 4.16. The molecule has 7 heteroatoms. The van der Waals surface area contributed by atoms with E-state index in [1.807, 2.05) is 49.7 Å². The highest BCUT2D eigenvalue weighted by molar-refractivity contribution is 5.82. The highest BCUT2D eigenvalue weighted by Crippen LogP contribution is 2.24. The van der Waals surface area contributed by atoms with Crippen LogP contribution in [0.5, 0.6) is 5.75 Å². The van der Waals surface area contributed by atoms with Crippen LogP contribution < -0.4 is 15.7 Å². The summed E-state index contributed by atoms with van der Waals surface area (Å²) in [6.07, 6.45) is 0.526. The van der Waals surface area contributed by atoms with Crippen molar-refractivity contribution in [3.05, 3.63) is 92.6 Å². The van der Waals surface area contributed by atoms with Crippen molar-refractivity contribution in [2.75, 3.05) is 7.11 Å². The Kier molecular flexibility index (Phi) is 6.82. The quantitative estimate of drug-likeness (QED) is 0.399. The van der Waals surface area contributed by atoms with Crippen LogP contribution in [-0.2, 0) is 24.3 Å². The molecule has 2 aromatic carbocycles. The molecule has 4 rings (SSSR count). The molecule has 0 saturated carbocycles. The summed E-state index contributed by atoms with van der Waals surface area (Å²) in [4.78, 5) is 25.0. The summed E-state index contributed by atoms with van der Waals surface area (Å²) in [7, 11) is 1.57. The number of amides is 1. The van der Waals surface area contributed by atoms with Gasteiger partial charge in [0.1, 0.15) is 11.3 Å². The normalized spacial score (nSPS) is 11.1. The molecular formula is C27H29N3O4. The first kappa shape index (κ1) is 23.3. The van der Waals surface area contributed by atoms with Gasteiger partial charge in [-0.2, -0.15) is 5.10 Å². The lowest BCUT2D eigenvalue weighted by atomic mass is 10.0. The van der Waals surface area contributed by atoms with Crippen molar-refractivity contribution < 1.29 is 13.9 Å². The lowest BCUT2D eigenvalue weighted by Gasteiger charge is -2.10. The average molecular weight is 460 g/mol. The Morgan fingerprint density at radius 2 is 1.88 bits per heavy atom. The summed E-state index contributed by atoms with van der Waals surface area (Å²) in [5.41, 5.74) is 5.68. The Morgan fingerprint density at radius 1 is 1.09 bits per heavy atom. The average Bonchev–Trinajstić information content (AvgIpc) is 3.13. The number of fused-ring (bicyclic) bond motifs is 1. The molecule has 0 atom stereocenters. The molecular weight excluding hydrogens is 430 g/mol.